The van der Waals surface area contributed by atoms with Gasteiger partial charge in [0.1, 0.15) is 11.6 Å². The van der Waals surface area contributed by atoms with E-state index in [1.807, 2.05) is 22.6 Å². The molecule has 98 valence electrons. The van der Waals surface area contributed by atoms with Gasteiger partial charge in [0.25, 0.3) is 5.91 Å². The van der Waals surface area contributed by atoms with Gasteiger partial charge in [0.05, 0.1) is 11.3 Å². The largest absolute Gasteiger partial charge is 0.321 e. The molecule has 1 amide bonds. The number of carbonyl (C=O) groups is 1. The van der Waals surface area contributed by atoms with E-state index in [-0.39, 0.29) is 11.4 Å². The fraction of sp³-hybridized carbons (Fsp3) is 0.0714. The Kier molecular flexibility index (Phi) is 4.14. The normalized spacial score (nSPS) is 10.3. The Labute approximate surface area is 123 Å². The molecule has 0 bridgehead atoms. The molecular formula is C14H10F2INO. The summed E-state index contributed by atoms with van der Waals surface area (Å²) in [5.74, 6) is -1.48. The molecule has 2 nitrogen and oxygen atoms in total. The predicted octanol–water partition coefficient (Wildman–Crippen LogP) is 4.13. The molecule has 0 aromatic heterocycles. The van der Waals surface area contributed by atoms with Gasteiger partial charge in [0, 0.05) is 3.57 Å². The molecule has 0 heterocycles. The average molecular weight is 373 g/mol. The van der Waals surface area contributed by atoms with Crippen molar-refractivity contribution in [1.29, 1.82) is 0 Å². The first-order chi connectivity index (χ1) is 8.99. The minimum atomic E-state index is -0.550. The molecule has 1 N–H and O–H groups in total. The van der Waals surface area contributed by atoms with E-state index < -0.39 is 11.7 Å². The minimum Gasteiger partial charge on any atom is -0.321 e. The Morgan fingerprint density at radius 2 is 1.95 bits per heavy atom. The summed E-state index contributed by atoms with van der Waals surface area (Å²) in [6, 6.07) is 8.60. The number of anilines is 1. The van der Waals surface area contributed by atoms with Crippen molar-refractivity contribution in [1.82, 2.24) is 0 Å². The molecule has 0 fully saturated rings. The maximum absolute atomic E-state index is 13.8. The lowest BCUT2D eigenvalue weighted by molar-refractivity contribution is 0.102. The molecule has 2 aromatic carbocycles. The van der Waals surface area contributed by atoms with Crippen LogP contribution in [0.5, 0.6) is 0 Å². The lowest BCUT2D eigenvalue weighted by atomic mass is 10.1. The van der Waals surface area contributed by atoms with Crippen LogP contribution >= 0.6 is 22.6 Å². The first-order valence-corrected chi connectivity index (χ1v) is 6.58. The Bertz CT molecular complexity index is 643. The van der Waals surface area contributed by atoms with Gasteiger partial charge in [0.15, 0.2) is 0 Å². The number of carbonyl (C=O) groups excluding carboxylic acids is 1. The number of aryl methyl sites for hydroxylation is 1. The molecule has 0 saturated heterocycles. The summed E-state index contributed by atoms with van der Waals surface area (Å²) in [5.41, 5.74) is 0.828. The molecule has 0 aliphatic heterocycles. The van der Waals surface area contributed by atoms with Gasteiger partial charge in [-0.05, 0) is 59.3 Å². The van der Waals surface area contributed by atoms with E-state index in [1.54, 1.807) is 19.1 Å². The quantitative estimate of drug-likeness (QED) is 0.789. The first kappa shape index (κ1) is 13.9. The van der Waals surface area contributed by atoms with Crippen LogP contribution in [-0.4, -0.2) is 5.91 Å². The average Bonchev–Trinajstić information content (AvgIpc) is 2.36. The first-order valence-electron chi connectivity index (χ1n) is 5.50. The van der Waals surface area contributed by atoms with Gasteiger partial charge in [-0.25, -0.2) is 8.78 Å². The second-order valence-electron chi connectivity index (χ2n) is 4.01. The third kappa shape index (κ3) is 3.09. The van der Waals surface area contributed by atoms with E-state index >= 15 is 0 Å². The van der Waals surface area contributed by atoms with Gasteiger partial charge in [0.2, 0.25) is 0 Å². The Morgan fingerprint density at radius 3 is 2.63 bits per heavy atom. The summed E-state index contributed by atoms with van der Waals surface area (Å²) in [6.45, 7) is 1.59. The lowest BCUT2D eigenvalue weighted by Crippen LogP contribution is -2.15. The molecule has 2 aromatic rings. The summed E-state index contributed by atoms with van der Waals surface area (Å²) in [6.07, 6.45) is 0. The standard InChI is InChI=1S/C14H10F2INO/c1-8-3-2-4-10(13(8)16)14(19)18-12-6-5-9(15)7-11(12)17/h2-7H,1H3,(H,18,19). The number of rotatable bonds is 2. The Morgan fingerprint density at radius 1 is 1.21 bits per heavy atom. The van der Waals surface area contributed by atoms with Gasteiger partial charge in [-0.1, -0.05) is 12.1 Å². The van der Waals surface area contributed by atoms with Crippen molar-refractivity contribution in [3.05, 3.63) is 62.7 Å². The topological polar surface area (TPSA) is 29.1 Å². The second kappa shape index (κ2) is 5.64. The summed E-state index contributed by atoms with van der Waals surface area (Å²) < 4.78 is 27.3. The number of halogens is 3. The maximum Gasteiger partial charge on any atom is 0.258 e. The van der Waals surface area contributed by atoms with Gasteiger partial charge in [-0.15, -0.1) is 0 Å². The van der Waals surface area contributed by atoms with E-state index in [4.69, 9.17) is 0 Å². The molecule has 0 aliphatic carbocycles. The lowest BCUT2D eigenvalue weighted by Gasteiger charge is -2.09. The number of hydrogen-bond acceptors (Lipinski definition) is 1. The van der Waals surface area contributed by atoms with E-state index in [0.29, 0.717) is 14.8 Å². The van der Waals surface area contributed by atoms with Crippen LogP contribution in [0.15, 0.2) is 36.4 Å². The van der Waals surface area contributed by atoms with Crippen LogP contribution in [0.1, 0.15) is 15.9 Å². The van der Waals surface area contributed by atoms with Crippen LogP contribution in [0.4, 0.5) is 14.5 Å². The third-order valence-corrected chi connectivity index (χ3v) is 3.51. The number of benzene rings is 2. The summed E-state index contributed by atoms with van der Waals surface area (Å²) in [4.78, 5) is 12.0. The van der Waals surface area contributed by atoms with Crippen molar-refractivity contribution in [3.8, 4) is 0 Å². The molecule has 0 radical (unpaired) electrons. The Hall–Kier alpha value is -1.50. The highest BCUT2D eigenvalue weighted by atomic mass is 127. The van der Waals surface area contributed by atoms with E-state index in [2.05, 4.69) is 5.32 Å². The SMILES string of the molecule is Cc1cccc(C(=O)Nc2ccc(F)cc2I)c1F. The van der Waals surface area contributed by atoms with Crippen LogP contribution in [0.25, 0.3) is 0 Å². The van der Waals surface area contributed by atoms with Gasteiger partial charge < -0.3 is 5.32 Å². The van der Waals surface area contributed by atoms with Gasteiger partial charge in [-0.2, -0.15) is 0 Å². The smallest absolute Gasteiger partial charge is 0.258 e. The highest BCUT2D eigenvalue weighted by Gasteiger charge is 2.14. The van der Waals surface area contributed by atoms with Gasteiger partial charge in [-0.3, -0.25) is 4.79 Å². The highest BCUT2D eigenvalue weighted by molar-refractivity contribution is 14.1. The van der Waals surface area contributed by atoms with E-state index in [0.717, 1.165) is 0 Å². The van der Waals surface area contributed by atoms with Crippen molar-refractivity contribution in [2.45, 2.75) is 6.92 Å². The molecule has 2 rings (SSSR count). The minimum absolute atomic E-state index is 0.0277. The van der Waals surface area contributed by atoms with Crippen molar-refractivity contribution < 1.29 is 13.6 Å². The number of hydrogen-bond donors (Lipinski definition) is 1. The van der Waals surface area contributed by atoms with E-state index in [1.165, 1.54) is 24.3 Å². The second-order valence-corrected chi connectivity index (χ2v) is 5.18. The third-order valence-electron chi connectivity index (χ3n) is 2.62. The molecular weight excluding hydrogens is 363 g/mol. The zero-order valence-electron chi connectivity index (χ0n) is 10.0. The molecule has 0 unspecified atom stereocenters. The van der Waals surface area contributed by atoms with Crippen LogP contribution in [-0.2, 0) is 0 Å². The number of nitrogens with one attached hydrogen (secondary N) is 1. The number of amides is 1. The summed E-state index contributed by atoms with van der Waals surface area (Å²) >= 11 is 1.91. The van der Waals surface area contributed by atoms with Crippen LogP contribution in [0, 0.1) is 22.1 Å². The van der Waals surface area contributed by atoms with Crippen LogP contribution < -0.4 is 5.32 Å². The van der Waals surface area contributed by atoms with Crippen LogP contribution in [0.2, 0.25) is 0 Å². The monoisotopic (exact) mass is 373 g/mol. The van der Waals surface area contributed by atoms with Crippen molar-refractivity contribution in [2.75, 3.05) is 5.32 Å². The molecule has 0 spiro atoms. The maximum atomic E-state index is 13.8. The predicted molar refractivity (Wildman–Crippen MR) is 78.2 cm³/mol. The van der Waals surface area contributed by atoms with Crippen LogP contribution in [0.3, 0.4) is 0 Å². The summed E-state index contributed by atoms with van der Waals surface area (Å²) in [7, 11) is 0. The molecule has 19 heavy (non-hydrogen) atoms. The molecule has 0 saturated carbocycles. The van der Waals surface area contributed by atoms with Gasteiger partial charge >= 0.3 is 0 Å². The fourth-order valence-electron chi connectivity index (χ4n) is 1.60. The molecule has 0 aliphatic rings. The Balaban J connectivity index is 2.28. The highest BCUT2D eigenvalue weighted by Crippen LogP contribution is 2.21. The molecule has 0 atom stereocenters. The van der Waals surface area contributed by atoms with Crippen molar-refractivity contribution >= 4 is 34.2 Å². The zero-order valence-corrected chi connectivity index (χ0v) is 12.2. The zero-order chi connectivity index (χ0) is 14.0. The van der Waals surface area contributed by atoms with E-state index in [9.17, 15) is 13.6 Å². The van der Waals surface area contributed by atoms with Crippen molar-refractivity contribution in [3.63, 3.8) is 0 Å². The summed E-state index contributed by atoms with van der Waals surface area (Å²) in [5, 5.41) is 2.57. The van der Waals surface area contributed by atoms with Crippen molar-refractivity contribution in [2.24, 2.45) is 0 Å². The molecule has 5 heteroatoms. The fourth-order valence-corrected chi connectivity index (χ4v) is 2.22.